The zero-order valence-corrected chi connectivity index (χ0v) is 9.53. The summed E-state index contributed by atoms with van der Waals surface area (Å²) in [6.45, 7) is 8.60. The number of nitrogens with two attached hydrogens (primary N) is 1. The van der Waals surface area contributed by atoms with E-state index < -0.39 is 0 Å². The van der Waals surface area contributed by atoms with Crippen molar-refractivity contribution < 1.29 is 5.11 Å². The lowest BCUT2D eigenvalue weighted by Gasteiger charge is -2.45. The van der Waals surface area contributed by atoms with Crippen LogP contribution in [-0.2, 0) is 0 Å². The number of piperazine rings is 1. The Hall–Kier alpha value is -0.160. The summed E-state index contributed by atoms with van der Waals surface area (Å²) in [5.74, 6) is 0. The minimum atomic E-state index is -0.380. The first-order chi connectivity index (χ1) is 6.45. The van der Waals surface area contributed by atoms with Crippen molar-refractivity contribution in [2.45, 2.75) is 25.5 Å². The molecule has 0 bridgehead atoms. The summed E-state index contributed by atoms with van der Waals surface area (Å²) in [6, 6.07) is 0. The minimum Gasteiger partial charge on any atom is -0.390 e. The predicted octanol–water partition coefficient (Wildman–Crippen LogP) is -0.668. The van der Waals surface area contributed by atoms with Gasteiger partial charge < -0.3 is 10.8 Å². The fourth-order valence-corrected chi connectivity index (χ4v) is 1.87. The van der Waals surface area contributed by atoms with Crippen LogP contribution in [0.2, 0.25) is 0 Å². The molecule has 1 atom stereocenters. The molecule has 0 aliphatic carbocycles. The van der Waals surface area contributed by atoms with E-state index in [1.807, 2.05) is 0 Å². The van der Waals surface area contributed by atoms with Crippen LogP contribution < -0.4 is 5.73 Å². The van der Waals surface area contributed by atoms with Crippen molar-refractivity contribution in [1.29, 1.82) is 0 Å². The second-order valence-corrected chi connectivity index (χ2v) is 4.86. The Bertz CT molecular complexity index is 184. The van der Waals surface area contributed by atoms with Gasteiger partial charge in [0.2, 0.25) is 0 Å². The number of nitrogens with zero attached hydrogens (tertiary/aromatic N) is 2. The van der Waals surface area contributed by atoms with E-state index in [1.54, 1.807) is 0 Å². The fraction of sp³-hybridized carbons (Fsp3) is 1.00. The molecule has 0 aromatic carbocycles. The Morgan fingerprint density at radius 2 is 2.07 bits per heavy atom. The highest BCUT2D eigenvalue weighted by molar-refractivity contribution is 4.88. The number of aliphatic hydroxyl groups excluding tert-OH is 1. The van der Waals surface area contributed by atoms with Gasteiger partial charge in [-0.25, -0.2) is 0 Å². The monoisotopic (exact) mass is 201 g/mol. The van der Waals surface area contributed by atoms with Gasteiger partial charge in [-0.3, -0.25) is 9.80 Å². The Labute approximate surface area is 86.7 Å². The van der Waals surface area contributed by atoms with Crippen LogP contribution in [0.5, 0.6) is 0 Å². The molecule has 4 nitrogen and oxygen atoms in total. The number of rotatable bonds is 3. The topological polar surface area (TPSA) is 52.7 Å². The summed E-state index contributed by atoms with van der Waals surface area (Å²) in [6.07, 6.45) is -0.380. The first kappa shape index (κ1) is 11.9. The lowest BCUT2D eigenvalue weighted by atomic mass is 9.99. The van der Waals surface area contributed by atoms with Gasteiger partial charge in [0.15, 0.2) is 0 Å². The Morgan fingerprint density at radius 3 is 2.57 bits per heavy atom. The fourth-order valence-electron chi connectivity index (χ4n) is 1.87. The second kappa shape index (κ2) is 4.57. The summed E-state index contributed by atoms with van der Waals surface area (Å²) in [5.41, 5.74) is 5.60. The third-order valence-corrected chi connectivity index (χ3v) is 3.14. The maximum Gasteiger partial charge on any atom is 0.0789 e. The van der Waals surface area contributed by atoms with Gasteiger partial charge in [-0.15, -0.1) is 0 Å². The average Bonchev–Trinajstić information content (AvgIpc) is 2.11. The lowest BCUT2D eigenvalue weighted by Crippen LogP contribution is -2.58. The molecule has 84 valence electrons. The highest BCUT2D eigenvalue weighted by atomic mass is 16.3. The van der Waals surface area contributed by atoms with Crippen LogP contribution in [0, 0.1) is 0 Å². The molecular formula is C10H23N3O. The van der Waals surface area contributed by atoms with E-state index in [0.717, 1.165) is 19.6 Å². The van der Waals surface area contributed by atoms with Gasteiger partial charge in [-0.1, -0.05) is 0 Å². The molecule has 0 radical (unpaired) electrons. The van der Waals surface area contributed by atoms with Crippen LogP contribution in [0.15, 0.2) is 0 Å². The number of aliphatic hydroxyl groups is 1. The van der Waals surface area contributed by atoms with E-state index in [0.29, 0.717) is 13.1 Å². The molecule has 1 fully saturated rings. The highest BCUT2D eigenvalue weighted by Crippen LogP contribution is 2.18. The van der Waals surface area contributed by atoms with Gasteiger partial charge in [0.05, 0.1) is 6.10 Å². The number of β-amino-alcohol motifs (C(OH)–C–C–N with tert-alkyl or cyclic N) is 1. The van der Waals surface area contributed by atoms with Gasteiger partial charge in [0.1, 0.15) is 0 Å². The van der Waals surface area contributed by atoms with E-state index in [-0.39, 0.29) is 11.6 Å². The quantitative estimate of drug-likeness (QED) is 0.636. The molecule has 3 N–H and O–H groups in total. The van der Waals surface area contributed by atoms with Crippen molar-refractivity contribution in [1.82, 2.24) is 9.80 Å². The molecule has 4 heteroatoms. The lowest BCUT2D eigenvalue weighted by molar-refractivity contribution is 0.0164. The standard InChI is InChI=1S/C10H23N3O/c1-10(2)8-13(5-4-12(10)3)7-9(14)6-11/h9,14H,4-8,11H2,1-3H3/t9-/m1/s1. The predicted molar refractivity (Wildman–Crippen MR) is 58.2 cm³/mol. The highest BCUT2D eigenvalue weighted by Gasteiger charge is 2.31. The first-order valence-corrected chi connectivity index (χ1v) is 5.27. The molecule has 1 aliphatic rings. The normalized spacial score (nSPS) is 26.4. The molecule has 0 spiro atoms. The second-order valence-electron chi connectivity index (χ2n) is 4.86. The van der Waals surface area contributed by atoms with Crippen LogP contribution in [-0.4, -0.2) is 66.3 Å². The summed E-state index contributed by atoms with van der Waals surface area (Å²) >= 11 is 0. The van der Waals surface area contributed by atoms with Gasteiger partial charge in [0.25, 0.3) is 0 Å². The van der Waals surface area contributed by atoms with Crippen molar-refractivity contribution in [3.05, 3.63) is 0 Å². The molecule has 1 rings (SSSR count). The van der Waals surface area contributed by atoms with E-state index in [1.165, 1.54) is 0 Å². The van der Waals surface area contributed by atoms with E-state index in [9.17, 15) is 5.11 Å². The van der Waals surface area contributed by atoms with Gasteiger partial charge >= 0.3 is 0 Å². The summed E-state index contributed by atoms with van der Waals surface area (Å²) in [4.78, 5) is 4.65. The maximum absolute atomic E-state index is 9.47. The summed E-state index contributed by atoms with van der Waals surface area (Å²) in [7, 11) is 2.15. The summed E-state index contributed by atoms with van der Waals surface area (Å²) in [5, 5.41) is 9.47. The molecule has 0 aromatic rings. The van der Waals surface area contributed by atoms with Gasteiger partial charge in [-0.2, -0.15) is 0 Å². The molecule has 1 aliphatic heterocycles. The third-order valence-electron chi connectivity index (χ3n) is 3.14. The maximum atomic E-state index is 9.47. The van der Waals surface area contributed by atoms with Crippen LogP contribution in [0.3, 0.4) is 0 Å². The van der Waals surface area contributed by atoms with Gasteiger partial charge in [0, 0.05) is 38.3 Å². The van der Waals surface area contributed by atoms with Gasteiger partial charge in [-0.05, 0) is 20.9 Å². The molecule has 0 unspecified atom stereocenters. The molecule has 14 heavy (non-hydrogen) atoms. The number of hydrogen-bond acceptors (Lipinski definition) is 4. The Kier molecular flexibility index (Phi) is 3.89. The molecule has 0 aromatic heterocycles. The van der Waals surface area contributed by atoms with Crippen LogP contribution in [0.25, 0.3) is 0 Å². The minimum absolute atomic E-state index is 0.201. The van der Waals surface area contributed by atoms with E-state index in [4.69, 9.17) is 5.73 Å². The smallest absolute Gasteiger partial charge is 0.0789 e. The average molecular weight is 201 g/mol. The van der Waals surface area contributed by atoms with Crippen molar-refractivity contribution in [3.63, 3.8) is 0 Å². The number of likely N-dealkylation sites (N-methyl/N-ethyl adjacent to an activating group) is 1. The van der Waals surface area contributed by atoms with Crippen LogP contribution in [0.1, 0.15) is 13.8 Å². The summed E-state index contributed by atoms with van der Waals surface area (Å²) < 4.78 is 0. The van der Waals surface area contributed by atoms with E-state index in [2.05, 4.69) is 30.7 Å². The largest absolute Gasteiger partial charge is 0.390 e. The Morgan fingerprint density at radius 1 is 1.43 bits per heavy atom. The first-order valence-electron chi connectivity index (χ1n) is 5.27. The zero-order valence-electron chi connectivity index (χ0n) is 9.53. The molecule has 1 saturated heterocycles. The number of hydrogen-bond donors (Lipinski definition) is 2. The van der Waals surface area contributed by atoms with Crippen molar-refractivity contribution >= 4 is 0 Å². The van der Waals surface area contributed by atoms with Crippen LogP contribution >= 0.6 is 0 Å². The SMILES string of the molecule is CN1CCN(C[C@H](O)CN)CC1(C)C. The molecule has 0 saturated carbocycles. The molecule has 0 amide bonds. The van der Waals surface area contributed by atoms with Crippen LogP contribution in [0.4, 0.5) is 0 Å². The van der Waals surface area contributed by atoms with Crippen molar-refractivity contribution in [2.24, 2.45) is 5.73 Å². The molecule has 1 heterocycles. The van der Waals surface area contributed by atoms with E-state index >= 15 is 0 Å². The third kappa shape index (κ3) is 2.92. The van der Waals surface area contributed by atoms with Crippen molar-refractivity contribution in [3.8, 4) is 0 Å². The Balaban J connectivity index is 2.43. The van der Waals surface area contributed by atoms with Crippen molar-refractivity contribution in [2.75, 3.05) is 39.8 Å². The molecular weight excluding hydrogens is 178 g/mol. The zero-order chi connectivity index (χ0) is 10.8.